The predicted molar refractivity (Wildman–Crippen MR) is 255 cm³/mol. The molecule has 10 aromatic carbocycles. The fraction of sp³-hybridized carbons (Fsp3) is 0. The molecule has 1 aromatic heterocycles. The highest BCUT2D eigenvalue weighted by Crippen LogP contribution is 2.40. The van der Waals surface area contributed by atoms with Gasteiger partial charge in [0, 0.05) is 33.4 Å². The molecule has 0 radical (unpaired) electrons. The molecule has 0 aliphatic heterocycles. The van der Waals surface area contributed by atoms with Crippen molar-refractivity contribution in [2.75, 3.05) is 4.90 Å². The van der Waals surface area contributed by atoms with Crippen LogP contribution in [-0.2, 0) is 0 Å². The molecule has 0 spiro atoms. The van der Waals surface area contributed by atoms with E-state index in [1.54, 1.807) is 0 Å². The summed E-state index contributed by atoms with van der Waals surface area (Å²) in [4.78, 5) is 2.33. The van der Waals surface area contributed by atoms with Crippen LogP contribution in [0, 0.1) is 0 Å². The number of hydrogen-bond acceptors (Lipinski definition) is 1. The van der Waals surface area contributed by atoms with Crippen LogP contribution in [0.3, 0.4) is 0 Å². The van der Waals surface area contributed by atoms with Crippen LogP contribution in [0.15, 0.2) is 243 Å². The van der Waals surface area contributed by atoms with Gasteiger partial charge in [0.1, 0.15) is 0 Å². The molecule has 60 heavy (non-hydrogen) atoms. The summed E-state index contributed by atoms with van der Waals surface area (Å²) in [5, 5.41) is 5.04. The van der Waals surface area contributed by atoms with Crippen LogP contribution < -0.4 is 4.90 Å². The minimum atomic E-state index is 1.10. The predicted octanol–water partition coefficient (Wildman–Crippen LogP) is 16.1. The van der Waals surface area contributed by atoms with Gasteiger partial charge in [0.05, 0.1) is 16.7 Å². The first kappa shape index (κ1) is 35.2. The van der Waals surface area contributed by atoms with E-state index in [9.17, 15) is 0 Å². The minimum Gasteiger partial charge on any atom is -0.311 e. The van der Waals surface area contributed by atoms with Crippen LogP contribution in [-0.4, -0.2) is 4.57 Å². The molecule has 0 N–H and O–H groups in total. The number of rotatable bonds is 8. The standard InChI is InChI=1S/C58H40N2/c1-3-14-45(15-4-1)53-39-34-47(40-58(53)60-56-24-11-9-21-54(56)55-22-10-12-25-57(55)60)43-32-37-50(38-33-43)59(48-18-5-2-6-19-48)49-35-30-42(31-36-49)41-26-28-46(29-27-41)52-23-13-17-44-16-7-8-20-51(44)52/h1-40H. The normalized spacial score (nSPS) is 11.3. The fourth-order valence-electron chi connectivity index (χ4n) is 8.89. The molecular formula is C58H40N2. The Morgan fingerprint density at radius 2 is 0.700 bits per heavy atom. The van der Waals surface area contributed by atoms with Crippen molar-refractivity contribution >= 4 is 49.6 Å². The van der Waals surface area contributed by atoms with Gasteiger partial charge in [-0.1, -0.05) is 188 Å². The van der Waals surface area contributed by atoms with E-state index in [1.165, 1.54) is 71.5 Å². The van der Waals surface area contributed by atoms with E-state index in [0.717, 1.165) is 28.3 Å². The largest absolute Gasteiger partial charge is 0.311 e. The van der Waals surface area contributed by atoms with Gasteiger partial charge in [-0.2, -0.15) is 0 Å². The van der Waals surface area contributed by atoms with E-state index in [1.807, 2.05) is 0 Å². The van der Waals surface area contributed by atoms with Crippen molar-refractivity contribution in [3.05, 3.63) is 243 Å². The number of aromatic nitrogens is 1. The molecule has 0 atom stereocenters. The maximum atomic E-state index is 2.44. The summed E-state index contributed by atoms with van der Waals surface area (Å²) in [6.45, 7) is 0. The van der Waals surface area contributed by atoms with Crippen molar-refractivity contribution in [2.24, 2.45) is 0 Å². The molecule has 282 valence electrons. The summed E-state index contributed by atoms with van der Waals surface area (Å²) < 4.78 is 2.44. The van der Waals surface area contributed by atoms with E-state index < -0.39 is 0 Å². The molecule has 0 saturated carbocycles. The van der Waals surface area contributed by atoms with Crippen molar-refractivity contribution in [2.45, 2.75) is 0 Å². The molecule has 2 heteroatoms. The first-order valence-electron chi connectivity index (χ1n) is 20.6. The quantitative estimate of drug-likeness (QED) is 0.150. The van der Waals surface area contributed by atoms with Crippen LogP contribution in [0.2, 0.25) is 0 Å². The van der Waals surface area contributed by atoms with Gasteiger partial charge < -0.3 is 9.47 Å². The zero-order valence-corrected chi connectivity index (χ0v) is 33.0. The second kappa shape index (κ2) is 15.1. The lowest BCUT2D eigenvalue weighted by Gasteiger charge is -2.26. The Bertz CT molecular complexity index is 3210. The summed E-state index contributed by atoms with van der Waals surface area (Å²) in [5.41, 5.74) is 16.4. The Morgan fingerprint density at radius 3 is 1.33 bits per heavy atom. The smallest absolute Gasteiger partial charge is 0.0546 e. The van der Waals surface area contributed by atoms with Gasteiger partial charge in [-0.25, -0.2) is 0 Å². The second-order valence-electron chi connectivity index (χ2n) is 15.3. The van der Waals surface area contributed by atoms with Gasteiger partial charge >= 0.3 is 0 Å². The second-order valence-corrected chi connectivity index (χ2v) is 15.3. The van der Waals surface area contributed by atoms with E-state index in [0.29, 0.717) is 0 Å². The van der Waals surface area contributed by atoms with E-state index >= 15 is 0 Å². The summed E-state index contributed by atoms with van der Waals surface area (Å²) in [6.07, 6.45) is 0. The maximum Gasteiger partial charge on any atom is 0.0546 e. The molecular weight excluding hydrogens is 725 g/mol. The zero-order valence-electron chi connectivity index (χ0n) is 33.0. The molecule has 1 heterocycles. The lowest BCUT2D eigenvalue weighted by Crippen LogP contribution is -2.09. The Balaban J connectivity index is 0.943. The number of anilines is 3. The summed E-state index contributed by atoms with van der Waals surface area (Å²) in [5.74, 6) is 0. The number of para-hydroxylation sites is 3. The first-order chi connectivity index (χ1) is 29.8. The first-order valence-corrected chi connectivity index (χ1v) is 20.6. The summed E-state index contributed by atoms with van der Waals surface area (Å²) in [7, 11) is 0. The third kappa shape index (κ3) is 6.32. The highest BCUT2D eigenvalue weighted by molar-refractivity contribution is 6.10. The minimum absolute atomic E-state index is 1.10. The SMILES string of the molecule is c1ccc(-c2ccc(-c3ccc(N(c4ccccc4)c4ccc(-c5ccc(-c6cccc7ccccc67)cc5)cc4)cc3)cc2-n2c3ccccc3c3ccccc32)cc1. The van der Waals surface area contributed by atoms with Crippen molar-refractivity contribution < 1.29 is 0 Å². The van der Waals surface area contributed by atoms with Gasteiger partial charge in [-0.3, -0.25) is 0 Å². The van der Waals surface area contributed by atoms with Gasteiger partial charge in [0.25, 0.3) is 0 Å². The van der Waals surface area contributed by atoms with Crippen molar-refractivity contribution in [1.29, 1.82) is 0 Å². The van der Waals surface area contributed by atoms with Crippen LogP contribution >= 0.6 is 0 Å². The number of hydrogen-bond donors (Lipinski definition) is 0. The number of fused-ring (bicyclic) bond motifs is 4. The fourth-order valence-corrected chi connectivity index (χ4v) is 8.89. The van der Waals surface area contributed by atoms with Crippen LogP contribution in [0.5, 0.6) is 0 Å². The third-order valence-electron chi connectivity index (χ3n) is 11.8. The third-order valence-corrected chi connectivity index (χ3v) is 11.8. The lowest BCUT2D eigenvalue weighted by atomic mass is 9.96. The van der Waals surface area contributed by atoms with Crippen LogP contribution in [0.1, 0.15) is 0 Å². The molecule has 11 rings (SSSR count). The molecule has 0 saturated heterocycles. The molecule has 0 aliphatic carbocycles. The van der Waals surface area contributed by atoms with Gasteiger partial charge in [-0.05, 0) is 104 Å². The Morgan fingerprint density at radius 1 is 0.267 bits per heavy atom. The molecule has 2 nitrogen and oxygen atoms in total. The highest BCUT2D eigenvalue weighted by Gasteiger charge is 2.18. The van der Waals surface area contributed by atoms with E-state index in [4.69, 9.17) is 0 Å². The molecule has 0 bridgehead atoms. The van der Waals surface area contributed by atoms with Gasteiger partial charge in [0.2, 0.25) is 0 Å². The Hall–Kier alpha value is -7.94. The monoisotopic (exact) mass is 764 g/mol. The topological polar surface area (TPSA) is 8.17 Å². The van der Waals surface area contributed by atoms with Gasteiger partial charge in [-0.15, -0.1) is 0 Å². The Labute approximate surface area is 350 Å². The maximum absolute atomic E-state index is 2.44. The summed E-state index contributed by atoms with van der Waals surface area (Å²) in [6, 6.07) is 87.7. The Kier molecular flexibility index (Phi) is 8.87. The van der Waals surface area contributed by atoms with Gasteiger partial charge in [0.15, 0.2) is 0 Å². The molecule has 0 aliphatic rings. The van der Waals surface area contributed by atoms with Crippen molar-refractivity contribution in [3.63, 3.8) is 0 Å². The highest BCUT2D eigenvalue weighted by atomic mass is 15.1. The molecule has 0 amide bonds. The van der Waals surface area contributed by atoms with E-state index in [-0.39, 0.29) is 0 Å². The van der Waals surface area contributed by atoms with Crippen molar-refractivity contribution in [1.82, 2.24) is 4.57 Å². The van der Waals surface area contributed by atoms with Crippen molar-refractivity contribution in [3.8, 4) is 50.2 Å². The molecule has 0 unspecified atom stereocenters. The molecule has 11 aromatic rings. The number of benzene rings is 10. The van der Waals surface area contributed by atoms with Crippen LogP contribution in [0.25, 0.3) is 82.8 Å². The van der Waals surface area contributed by atoms with Crippen LogP contribution in [0.4, 0.5) is 17.1 Å². The summed E-state index contributed by atoms with van der Waals surface area (Å²) >= 11 is 0. The molecule has 0 fully saturated rings. The van der Waals surface area contributed by atoms with E-state index in [2.05, 4.69) is 252 Å². The average molecular weight is 765 g/mol. The zero-order chi connectivity index (χ0) is 39.8. The average Bonchev–Trinajstić information content (AvgIpc) is 3.67. The lowest BCUT2D eigenvalue weighted by molar-refractivity contribution is 1.18. The number of nitrogens with zero attached hydrogens (tertiary/aromatic N) is 2.